The number of hydrogen-bond acceptors (Lipinski definition) is 0. The van der Waals surface area contributed by atoms with E-state index in [2.05, 4.69) is 0 Å². The predicted molar refractivity (Wildman–Crippen MR) is 17.9 cm³/mol. The van der Waals surface area contributed by atoms with Crippen LogP contribution in [0.1, 0.15) is 2.85 Å². The van der Waals surface area contributed by atoms with Gasteiger partial charge in [0.2, 0.25) is 0 Å². The Labute approximate surface area is 95.6 Å². The molecule has 0 saturated heterocycles. The zero-order valence-electron chi connectivity index (χ0n) is 4.16. The topological polar surface area (TPSA) is 0 Å². The van der Waals surface area contributed by atoms with Crippen LogP contribution < -0.4 is 0 Å². The second-order valence-corrected chi connectivity index (χ2v) is 0. The van der Waals surface area contributed by atoms with Gasteiger partial charge in [0.15, 0.2) is 17.4 Å². The Morgan fingerprint density at radius 3 is 1.20 bits per heavy atom. The number of rotatable bonds is 0. The second kappa shape index (κ2) is 28.2. The fraction of sp³-hybridized carbons (Fsp3) is 0. The van der Waals surface area contributed by atoms with Gasteiger partial charge < -0.3 is 2.85 Å². The molecule has 5 heavy (non-hydrogen) atoms. The molecule has 0 heterocycles. The fourth-order valence-electron chi connectivity index (χ4n) is 0. The molecule has 0 saturated carbocycles. The van der Waals surface area contributed by atoms with Gasteiger partial charge in [-0.05, 0) is 0 Å². The maximum atomic E-state index is 0. The molecule has 0 N–H and O–H groups in total. The van der Waals surface area contributed by atoms with E-state index in [0.29, 0.717) is 0 Å². The Morgan fingerprint density at radius 1 is 1.20 bits per heavy atom. The smallest absolute Gasteiger partial charge is 1.00 e. The molecule has 0 aliphatic carbocycles. The largest absolute Gasteiger partial charge is 2.00 e. The molecule has 0 fully saturated rings. The van der Waals surface area contributed by atoms with Gasteiger partial charge in [-0.2, -0.15) is 0 Å². The van der Waals surface area contributed by atoms with Crippen LogP contribution in [0, 0.1) is 0 Å². The van der Waals surface area contributed by atoms with Crippen molar-refractivity contribution in [3.05, 3.63) is 0 Å². The number of hydrogen-bond donors (Lipinski definition) is 0. The van der Waals surface area contributed by atoms with E-state index in [1.807, 2.05) is 0 Å². The summed E-state index contributed by atoms with van der Waals surface area (Å²) in [6.45, 7) is 0. The Balaban J connectivity index is 0. The SMILES string of the molecule is [AlH3].[Co].[Cr].[H-].[H-].[Mg+2].[Zn]. The van der Waals surface area contributed by atoms with Crippen molar-refractivity contribution in [2.24, 2.45) is 0 Å². The maximum absolute atomic E-state index is 0. The van der Waals surface area contributed by atoms with Gasteiger partial charge in [-0.3, -0.25) is 0 Å². The summed E-state index contributed by atoms with van der Waals surface area (Å²) < 4.78 is 0. The molecule has 0 spiro atoms. The third kappa shape index (κ3) is 19.5. The molecule has 27 valence electrons. The van der Waals surface area contributed by atoms with Crippen molar-refractivity contribution in [3.63, 3.8) is 0 Å². The molecule has 0 unspecified atom stereocenters. The van der Waals surface area contributed by atoms with Gasteiger partial charge in [-0.1, -0.05) is 0 Å². The van der Waals surface area contributed by atoms with E-state index in [4.69, 9.17) is 0 Å². The summed E-state index contributed by atoms with van der Waals surface area (Å²) in [4.78, 5) is 0. The maximum Gasteiger partial charge on any atom is 2.00 e. The second-order valence-electron chi connectivity index (χ2n) is 0. The fourth-order valence-corrected chi connectivity index (χ4v) is 0. The van der Waals surface area contributed by atoms with Crippen molar-refractivity contribution in [3.8, 4) is 0 Å². The van der Waals surface area contributed by atoms with Crippen LogP contribution in [-0.4, -0.2) is 40.4 Å². The first-order valence-electron chi connectivity index (χ1n) is 0. The molecule has 0 aromatic heterocycles. The summed E-state index contributed by atoms with van der Waals surface area (Å²) in [6.07, 6.45) is 0. The van der Waals surface area contributed by atoms with Crippen LogP contribution in [0.5, 0.6) is 0 Å². The molecule has 0 amide bonds. The van der Waals surface area contributed by atoms with Gasteiger partial charge in [-0.25, -0.2) is 0 Å². The zero-order valence-corrected chi connectivity index (χ0v) is 8.85. The standard InChI is InChI=1S/Al.Co.Cr.Mg.Zn.5H/q;;;+2;;;;;2*-1. The molecule has 0 bridgehead atoms. The minimum Gasteiger partial charge on any atom is -1.00 e. The first-order chi connectivity index (χ1) is 0. The predicted octanol–water partition coefficient (Wildman–Crippen LogP) is -1.35. The van der Waals surface area contributed by atoms with Gasteiger partial charge in [0.05, 0.1) is 0 Å². The van der Waals surface area contributed by atoms with Crippen molar-refractivity contribution in [1.29, 1.82) is 0 Å². The molecule has 0 aromatic rings. The van der Waals surface area contributed by atoms with Crippen molar-refractivity contribution < 1.29 is 56.5 Å². The van der Waals surface area contributed by atoms with E-state index in [1.165, 1.54) is 0 Å². The van der Waals surface area contributed by atoms with Crippen LogP contribution in [0.2, 0.25) is 0 Å². The van der Waals surface area contributed by atoms with E-state index in [0.717, 1.165) is 0 Å². The summed E-state index contributed by atoms with van der Waals surface area (Å²) in [5, 5.41) is 0. The van der Waals surface area contributed by atoms with Crippen molar-refractivity contribution in [2.75, 3.05) is 0 Å². The molecule has 0 nitrogen and oxygen atoms in total. The molecule has 0 aromatic carbocycles. The van der Waals surface area contributed by atoms with Gasteiger partial charge in [0, 0.05) is 53.6 Å². The molecule has 0 atom stereocenters. The Morgan fingerprint density at radius 2 is 1.20 bits per heavy atom. The quantitative estimate of drug-likeness (QED) is 0.454. The summed E-state index contributed by atoms with van der Waals surface area (Å²) in [7, 11) is 0. The summed E-state index contributed by atoms with van der Waals surface area (Å²) in [6, 6.07) is 0. The third-order valence-electron chi connectivity index (χ3n) is 0. The van der Waals surface area contributed by atoms with E-state index in [-0.39, 0.29) is 96.9 Å². The van der Waals surface area contributed by atoms with Gasteiger partial charge in [0.1, 0.15) is 0 Å². The molecule has 1 radical (unpaired) electrons. The van der Waals surface area contributed by atoms with Crippen molar-refractivity contribution in [2.45, 2.75) is 0 Å². The first-order valence-corrected chi connectivity index (χ1v) is 0. The Kier molecular flexibility index (Phi) is 248. The van der Waals surface area contributed by atoms with Crippen LogP contribution in [-0.2, 0) is 53.6 Å². The zero-order chi connectivity index (χ0) is 0. The van der Waals surface area contributed by atoms with Gasteiger partial charge in [-0.15, -0.1) is 0 Å². The van der Waals surface area contributed by atoms with Crippen LogP contribution in [0.15, 0.2) is 0 Å². The molecule has 0 aliphatic rings. The monoisotopic (exact) mass is 231 g/mol. The van der Waals surface area contributed by atoms with E-state index in [1.54, 1.807) is 0 Å². The van der Waals surface area contributed by atoms with Crippen LogP contribution in [0.25, 0.3) is 0 Å². The first kappa shape index (κ1) is 44.0. The van der Waals surface area contributed by atoms with Crippen LogP contribution in [0.4, 0.5) is 0 Å². The Bertz CT molecular complexity index is 17.7. The summed E-state index contributed by atoms with van der Waals surface area (Å²) >= 11 is 0. The van der Waals surface area contributed by atoms with Gasteiger partial charge >= 0.3 is 23.1 Å². The third-order valence-corrected chi connectivity index (χ3v) is 0. The normalized spacial score (nSPS) is 0. The average Bonchev–Trinajstić information content (AvgIpc) is 0. The average molecular weight is 233 g/mol. The van der Waals surface area contributed by atoms with E-state index in [9.17, 15) is 0 Å². The minimum atomic E-state index is 0. The molecular weight excluding hydrogens is 228 g/mol. The molecule has 0 rings (SSSR count). The minimum absolute atomic E-state index is 0. The van der Waals surface area contributed by atoms with Crippen LogP contribution >= 0.6 is 0 Å². The molecular formula is H5AlCoCrMgZn. The molecule has 0 aliphatic heterocycles. The van der Waals surface area contributed by atoms with Crippen molar-refractivity contribution >= 4 is 40.4 Å². The van der Waals surface area contributed by atoms with Gasteiger partial charge in [0.25, 0.3) is 0 Å². The van der Waals surface area contributed by atoms with Crippen molar-refractivity contribution in [1.82, 2.24) is 0 Å². The summed E-state index contributed by atoms with van der Waals surface area (Å²) in [5.41, 5.74) is 0. The van der Waals surface area contributed by atoms with E-state index < -0.39 is 0 Å². The summed E-state index contributed by atoms with van der Waals surface area (Å²) in [5.74, 6) is 0. The Hall–Kier alpha value is 2.96. The van der Waals surface area contributed by atoms with E-state index >= 15 is 0 Å². The molecule has 5 heteroatoms. The van der Waals surface area contributed by atoms with Crippen LogP contribution in [0.3, 0.4) is 0 Å².